The normalized spacial score (nSPS) is 15.4. The van der Waals surface area contributed by atoms with Crippen LogP contribution in [0, 0.1) is 6.92 Å². The highest BCUT2D eigenvalue weighted by Crippen LogP contribution is 2.17. The third-order valence-corrected chi connectivity index (χ3v) is 4.40. The molecule has 0 saturated carbocycles. The summed E-state index contributed by atoms with van der Waals surface area (Å²) in [5, 5.41) is 2.90. The summed E-state index contributed by atoms with van der Waals surface area (Å²) in [6.45, 7) is 6.06. The Balaban J connectivity index is 1.58. The van der Waals surface area contributed by atoms with Crippen LogP contribution in [0.1, 0.15) is 37.6 Å². The monoisotopic (exact) mass is 354 g/mol. The van der Waals surface area contributed by atoms with E-state index in [2.05, 4.69) is 20.2 Å². The number of carbonyl (C=O) groups excluding carboxylic acids is 1. The second-order valence-corrected chi connectivity index (χ2v) is 6.64. The number of benzene rings is 1. The van der Waals surface area contributed by atoms with E-state index in [1.807, 2.05) is 43.3 Å². The van der Waals surface area contributed by atoms with Crippen molar-refractivity contribution in [2.75, 3.05) is 18.0 Å². The molecule has 6 heteroatoms. The predicted molar refractivity (Wildman–Crippen MR) is 101 cm³/mol. The molecule has 6 nitrogen and oxygen atoms in total. The van der Waals surface area contributed by atoms with E-state index in [-0.39, 0.29) is 5.91 Å². The Morgan fingerprint density at radius 2 is 1.92 bits per heavy atom. The van der Waals surface area contributed by atoms with Gasteiger partial charge in [0.25, 0.3) is 5.91 Å². The molecule has 2 aromatic rings. The third kappa shape index (κ3) is 4.94. The molecule has 1 saturated heterocycles. The van der Waals surface area contributed by atoms with E-state index in [9.17, 15) is 4.79 Å². The summed E-state index contributed by atoms with van der Waals surface area (Å²) in [5.74, 6) is 1.28. The first-order valence-electron chi connectivity index (χ1n) is 9.21. The average Bonchev–Trinajstić information content (AvgIpc) is 2.67. The van der Waals surface area contributed by atoms with Gasteiger partial charge in [-0.1, -0.05) is 18.2 Å². The molecule has 2 heterocycles. The number of para-hydroxylation sites is 1. The van der Waals surface area contributed by atoms with E-state index in [1.165, 1.54) is 19.3 Å². The molecule has 3 rings (SSSR count). The van der Waals surface area contributed by atoms with E-state index in [0.717, 1.165) is 30.4 Å². The van der Waals surface area contributed by atoms with Crippen molar-refractivity contribution in [3.8, 4) is 5.75 Å². The lowest BCUT2D eigenvalue weighted by atomic mass is 10.1. The number of ether oxygens (including phenoxy) is 1. The molecule has 0 aliphatic carbocycles. The van der Waals surface area contributed by atoms with Gasteiger partial charge >= 0.3 is 0 Å². The lowest BCUT2D eigenvalue weighted by Gasteiger charge is -2.27. The topological polar surface area (TPSA) is 67.3 Å². The Hall–Kier alpha value is -2.63. The van der Waals surface area contributed by atoms with Gasteiger partial charge in [0.1, 0.15) is 5.75 Å². The maximum absolute atomic E-state index is 12.3. The average molecular weight is 354 g/mol. The summed E-state index contributed by atoms with van der Waals surface area (Å²) in [6, 6.07) is 11.3. The first-order valence-corrected chi connectivity index (χ1v) is 9.21. The molecule has 1 unspecified atom stereocenters. The van der Waals surface area contributed by atoms with Crippen molar-refractivity contribution in [1.82, 2.24) is 15.3 Å². The maximum Gasteiger partial charge on any atom is 0.261 e. The van der Waals surface area contributed by atoms with Crippen LogP contribution < -0.4 is 15.0 Å². The first kappa shape index (κ1) is 18.2. The number of nitrogens with one attached hydrogen (secondary N) is 1. The minimum atomic E-state index is -0.568. The van der Waals surface area contributed by atoms with Crippen molar-refractivity contribution in [3.63, 3.8) is 0 Å². The summed E-state index contributed by atoms with van der Waals surface area (Å²) >= 11 is 0. The van der Waals surface area contributed by atoms with E-state index < -0.39 is 6.10 Å². The second-order valence-electron chi connectivity index (χ2n) is 6.64. The van der Waals surface area contributed by atoms with Crippen LogP contribution in [0.15, 0.2) is 36.4 Å². The number of piperidine rings is 1. The Bertz CT molecular complexity index is 730. The molecule has 26 heavy (non-hydrogen) atoms. The maximum atomic E-state index is 12.3. The number of nitrogens with zero attached hydrogens (tertiary/aromatic N) is 3. The van der Waals surface area contributed by atoms with Crippen LogP contribution in [0.4, 0.5) is 5.95 Å². The molecule has 138 valence electrons. The summed E-state index contributed by atoms with van der Waals surface area (Å²) in [5.41, 5.74) is 1.73. The molecule has 1 aliphatic rings. The van der Waals surface area contributed by atoms with Crippen molar-refractivity contribution < 1.29 is 9.53 Å². The molecule has 0 radical (unpaired) electrons. The molecule has 1 N–H and O–H groups in total. The minimum absolute atomic E-state index is 0.162. The largest absolute Gasteiger partial charge is 0.481 e. The molecule has 1 aliphatic heterocycles. The van der Waals surface area contributed by atoms with Crippen LogP contribution in [0.5, 0.6) is 5.75 Å². The van der Waals surface area contributed by atoms with Gasteiger partial charge in [-0.25, -0.2) is 9.97 Å². The molecule has 1 fully saturated rings. The fourth-order valence-corrected chi connectivity index (χ4v) is 3.02. The molecule has 0 bridgehead atoms. The van der Waals surface area contributed by atoms with E-state index in [1.54, 1.807) is 6.92 Å². The number of aryl methyl sites for hydroxylation is 1. The van der Waals surface area contributed by atoms with Gasteiger partial charge in [-0.3, -0.25) is 4.79 Å². The van der Waals surface area contributed by atoms with Crippen LogP contribution in [0.25, 0.3) is 0 Å². The molecule has 1 aromatic carbocycles. The van der Waals surface area contributed by atoms with Crippen LogP contribution in [0.2, 0.25) is 0 Å². The first-order chi connectivity index (χ1) is 12.6. The molecular weight excluding hydrogens is 328 g/mol. The molecule has 1 atom stereocenters. The van der Waals surface area contributed by atoms with E-state index in [4.69, 9.17) is 4.74 Å². The number of aromatic nitrogens is 2. The molecule has 1 aromatic heterocycles. The Kier molecular flexibility index (Phi) is 6.04. The van der Waals surface area contributed by atoms with Crippen molar-refractivity contribution in [1.29, 1.82) is 0 Å². The van der Waals surface area contributed by atoms with Gasteiger partial charge in [-0.05, 0) is 51.3 Å². The van der Waals surface area contributed by atoms with Crippen LogP contribution in [-0.2, 0) is 11.3 Å². The zero-order chi connectivity index (χ0) is 18.4. The van der Waals surface area contributed by atoms with Gasteiger partial charge in [-0.15, -0.1) is 0 Å². The highest BCUT2D eigenvalue weighted by molar-refractivity contribution is 5.80. The predicted octanol–water partition coefficient (Wildman–Crippen LogP) is 2.86. The van der Waals surface area contributed by atoms with Gasteiger partial charge in [-0.2, -0.15) is 0 Å². The number of hydrogen-bond acceptors (Lipinski definition) is 5. The Morgan fingerprint density at radius 3 is 2.65 bits per heavy atom. The zero-order valence-electron chi connectivity index (χ0n) is 15.4. The SMILES string of the molecule is Cc1cc(CNC(=O)C(C)Oc2ccccc2)nc(N2CCCCC2)n1. The number of carbonyl (C=O) groups is 1. The Morgan fingerprint density at radius 1 is 1.19 bits per heavy atom. The smallest absolute Gasteiger partial charge is 0.261 e. The van der Waals surface area contributed by atoms with Crippen molar-refractivity contribution in [2.24, 2.45) is 0 Å². The molecule has 0 spiro atoms. The summed E-state index contributed by atoms with van der Waals surface area (Å²) < 4.78 is 5.65. The second kappa shape index (κ2) is 8.65. The van der Waals surface area contributed by atoms with Gasteiger partial charge < -0.3 is 15.0 Å². The minimum Gasteiger partial charge on any atom is -0.481 e. The molecular formula is C20H26N4O2. The van der Waals surface area contributed by atoms with Crippen molar-refractivity contribution in [2.45, 2.75) is 45.8 Å². The summed E-state index contributed by atoms with van der Waals surface area (Å²) in [6.07, 6.45) is 3.06. The van der Waals surface area contributed by atoms with Crippen LogP contribution in [0.3, 0.4) is 0 Å². The highest BCUT2D eigenvalue weighted by atomic mass is 16.5. The quantitative estimate of drug-likeness (QED) is 0.864. The van der Waals surface area contributed by atoms with Gasteiger partial charge in [0.05, 0.1) is 12.2 Å². The number of amides is 1. The van der Waals surface area contributed by atoms with E-state index >= 15 is 0 Å². The van der Waals surface area contributed by atoms with Crippen molar-refractivity contribution >= 4 is 11.9 Å². The van der Waals surface area contributed by atoms with Crippen molar-refractivity contribution in [3.05, 3.63) is 47.8 Å². The number of anilines is 1. The van der Waals surface area contributed by atoms with Gasteiger partial charge in [0, 0.05) is 18.8 Å². The fourth-order valence-electron chi connectivity index (χ4n) is 3.02. The Labute approximate surface area is 154 Å². The third-order valence-electron chi connectivity index (χ3n) is 4.40. The van der Waals surface area contributed by atoms with Gasteiger partial charge in [0.2, 0.25) is 5.95 Å². The number of rotatable bonds is 6. The van der Waals surface area contributed by atoms with Gasteiger partial charge in [0.15, 0.2) is 6.10 Å². The van der Waals surface area contributed by atoms with Crippen LogP contribution >= 0.6 is 0 Å². The van der Waals surface area contributed by atoms with E-state index in [0.29, 0.717) is 12.3 Å². The number of hydrogen-bond donors (Lipinski definition) is 1. The zero-order valence-corrected chi connectivity index (χ0v) is 15.4. The molecule has 1 amide bonds. The summed E-state index contributed by atoms with van der Waals surface area (Å²) in [7, 11) is 0. The highest BCUT2D eigenvalue weighted by Gasteiger charge is 2.17. The lowest BCUT2D eigenvalue weighted by molar-refractivity contribution is -0.127. The lowest BCUT2D eigenvalue weighted by Crippen LogP contribution is -2.36. The fraction of sp³-hybridized carbons (Fsp3) is 0.450. The summed E-state index contributed by atoms with van der Waals surface area (Å²) in [4.78, 5) is 23.7. The van der Waals surface area contributed by atoms with Crippen LogP contribution in [-0.4, -0.2) is 35.1 Å². The standard InChI is InChI=1S/C20H26N4O2/c1-15-13-17(23-20(22-15)24-11-7-4-8-12-24)14-21-19(25)16(2)26-18-9-5-3-6-10-18/h3,5-6,9-10,13,16H,4,7-8,11-12,14H2,1-2H3,(H,21,25).